The van der Waals surface area contributed by atoms with E-state index in [1.54, 1.807) is 23.5 Å². The average Bonchev–Trinajstić information content (AvgIpc) is 2.95. The van der Waals surface area contributed by atoms with Crippen LogP contribution < -0.4 is 10.0 Å². The molecule has 0 aliphatic carbocycles. The lowest BCUT2D eigenvalue weighted by Gasteiger charge is -2.12. The molecule has 1 aromatic heterocycles. The third kappa shape index (κ3) is 4.62. The summed E-state index contributed by atoms with van der Waals surface area (Å²) in [6, 6.07) is 17.6. The second kappa shape index (κ2) is 7.47. The molecule has 3 aromatic rings. The Morgan fingerprint density at radius 3 is 2.31 bits per heavy atom. The highest BCUT2D eigenvalue weighted by Crippen LogP contribution is 2.32. The molecule has 1 atom stereocenters. The fourth-order valence-corrected chi connectivity index (χ4v) is 4.13. The van der Waals surface area contributed by atoms with E-state index in [1.807, 2.05) is 37.3 Å². The predicted octanol–water partition coefficient (Wildman–Crippen LogP) is 4.66. The van der Waals surface area contributed by atoms with Crippen molar-refractivity contribution in [3.8, 4) is 11.3 Å². The molecule has 0 unspecified atom stereocenters. The fourth-order valence-electron chi connectivity index (χ4n) is 2.65. The molecule has 2 N–H and O–H groups in total. The van der Waals surface area contributed by atoms with Gasteiger partial charge in [-0.25, -0.2) is 13.4 Å². The second-order valence-electron chi connectivity index (χ2n) is 6.15. The Balaban J connectivity index is 1.78. The van der Waals surface area contributed by atoms with Gasteiger partial charge in [0.05, 0.1) is 18.0 Å². The molecule has 0 fully saturated rings. The summed E-state index contributed by atoms with van der Waals surface area (Å²) in [6.45, 7) is 4.14. The summed E-state index contributed by atoms with van der Waals surface area (Å²) in [5, 5.41) is 4.32. The lowest BCUT2D eigenvalue weighted by atomic mass is 10.1. The Kier molecular flexibility index (Phi) is 5.29. The maximum atomic E-state index is 11.3. The molecule has 5 nitrogen and oxygen atoms in total. The summed E-state index contributed by atoms with van der Waals surface area (Å²) < 4.78 is 25.1. The van der Waals surface area contributed by atoms with E-state index in [2.05, 4.69) is 29.1 Å². The van der Waals surface area contributed by atoms with Crippen LogP contribution in [0.25, 0.3) is 11.3 Å². The molecule has 0 radical (unpaired) electrons. The molecule has 3 rings (SSSR count). The minimum absolute atomic E-state index is 0.163. The van der Waals surface area contributed by atoms with Crippen molar-refractivity contribution in [1.82, 2.24) is 4.98 Å². The summed E-state index contributed by atoms with van der Waals surface area (Å²) in [4.78, 5) is 5.83. The number of thiazole rings is 1. The monoisotopic (exact) mass is 387 g/mol. The zero-order valence-corrected chi connectivity index (χ0v) is 16.5. The summed E-state index contributed by atoms with van der Waals surface area (Å²) >= 11 is 1.61. The minimum Gasteiger partial charge on any atom is -0.355 e. The van der Waals surface area contributed by atoms with Gasteiger partial charge in [-0.3, -0.25) is 4.72 Å². The van der Waals surface area contributed by atoms with Crippen molar-refractivity contribution in [2.75, 3.05) is 16.3 Å². The number of nitrogens with zero attached hydrogens (tertiary/aromatic N) is 1. The van der Waals surface area contributed by atoms with E-state index in [0.717, 1.165) is 27.5 Å². The smallest absolute Gasteiger partial charge is 0.229 e. The molecule has 0 saturated heterocycles. The van der Waals surface area contributed by atoms with Crippen LogP contribution in [0.15, 0.2) is 54.6 Å². The SMILES string of the molecule is Cc1sc(N[C@H](C)c2ccccc2)nc1-c1ccc(NS(C)(=O)=O)cc1. The normalized spacial score (nSPS) is 12.6. The van der Waals surface area contributed by atoms with Gasteiger partial charge in [-0.15, -0.1) is 11.3 Å². The Labute approximate surface area is 158 Å². The third-order valence-electron chi connectivity index (χ3n) is 3.90. The van der Waals surface area contributed by atoms with Gasteiger partial charge in [0.25, 0.3) is 0 Å². The zero-order valence-electron chi connectivity index (χ0n) is 14.9. The number of aryl methyl sites for hydroxylation is 1. The number of anilines is 2. The van der Waals surface area contributed by atoms with Gasteiger partial charge in [-0.2, -0.15) is 0 Å². The first-order chi connectivity index (χ1) is 12.3. The van der Waals surface area contributed by atoms with E-state index in [4.69, 9.17) is 4.98 Å². The Morgan fingerprint density at radius 1 is 1.04 bits per heavy atom. The lowest BCUT2D eigenvalue weighted by molar-refractivity contribution is 0.607. The van der Waals surface area contributed by atoms with Gasteiger partial charge in [0.1, 0.15) is 0 Å². The number of benzene rings is 2. The van der Waals surface area contributed by atoms with Crippen molar-refractivity contribution in [3.05, 3.63) is 65.0 Å². The number of nitrogens with one attached hydrogen (secondary N) is 2. The van der Waals surface area contributed by atoms with E-state index in [-0.39, 0.29) is 6.04 Å². The number of rotatable bonds is 6. The van der Waals surface area contributed by atoms with Crippen molar-refractivity contribution >= 4 is 32.2 Å². The predicted molar refractivity (Wildman–Crippen MR) is 109 cm³/mol. The first kappa shape index (κ1) is 18.4. The van der Waals surface area contributed by atoms with Crippen LogP contribution >= 0.6 is 11.3 Å². The van der Waals surface area contributed by atoms with Crippen LogP contribution in [0.5, 0.6) is 0 Å². The maximum absolute atomic E-state index is 11.3. The molecule has 1 heterocycles. The molecule has 0 saturated carbocycles. The van der Waals surface area contributed by atoms with E-state index >= 15 is 0 Å². The summed E-state index contributed by atoms with van der Waals surface area (Å²) in [5.74, 6) is 0. The Bertz CT molecular complexity index is 981. The van der Waals surface area contributed by atoms with Gasteiger partial charge in [0.2, 0.25) is 10.0 Å². The molecule has 0 bridgehead atoms. The standard InChI is InChI=1S/C19H21N3O2S2/c1-13(15-7-5-4-6-8-15)20-19-21-18(14(2)25-19)16-9-11-17(12-10-16)22-26(3,23)24/h4-13,22H,1-3H3,(H,20,21)/t13-/m1/s1. The molecule has 0 aliphatic heterocycles. The molecule has 7 heteroatoms. The van der Waals surface area contributed by atoms with Gasteiger partial charge in [-0.05, 0) is 31.5 Å². The van der Waals surface area contributed by atoms with Gasteiger partial charge in [0.15, 0.2) is 5.13 Å². The van der Waals surface area contributed by atoms with E-state index in [1.165, 1.54) is 5.56 Å². The maximum Gasteiger partial charge on any atom is 0.229 e. The van der Waals surface area contributed by atoms with Gasteiger partial charge < -0.3 is 5.32 Å². The topological polar surface area (TPSA) is 71.1 Å². The summed E-state index contributed by atoms with van der Waals surface area (Å²) in [7, 11) is -3.27. The van der Waals surface area contributed by atoms with Gasteiger partial charge in [-0.1, -0.05) is 42.5 Å². The fraction of sp³-hybridized carbons (Fsp3) is 0.211. The van der Waals surface area contributed by atoms with Crippen LogP contribution in [-0.4, -0.2) is 19.7 Å². The van der Waals surface area contributed by atoms with E-state index < -0.39 is 10.0 Å². The van der Waals surface area contributed by atoms with Gasteiger partial charge in [0, 0.05) is 16.1 Å². The van der Waals surface area contributed by atoms with Crippen LogP contribution in [0.1, 0.15) is 23.4 Å². The Morgan fingerprint density at radius 2 is 1.69 bits per heavy atom. The highest BCUT2D eigenvalue weighted by Gasteiger charge is 2.13. The average molecular weight is 388 g/mol. The molecular formula is C19H21N3O2S2. The first-order valence-corrected chi connectivity index (χ1v) is 10.9. The van der Waals surface area contributed by atoms with Gasteiger partial charge >= 0.3 is 0 Å². The van der Waals surface area contributed by atoms with Crippen LogP contribution in [0.2, 0.25) is 0 Å². The van der Waals surface area contributed by atoms with Crippen molar-refractivity contribution in [1.29, 1.82) is 0 Å². The van der Waals surface area contributed by atoms with Crippen LogP contribution in [-0.2, 0) is 10.0 Å². The number of aromatic nitrogens is 1. The van der Waals surface area contributed by atoms with Crippen molar-refractivity contribution < 1.29 is 8.42 Å². The molecule has 0 aliphatic rings. The largest absolute Gasteiger partial charge is 0.355 e. The molecule has 136 valence electrons. The lowest BCUT2D eigenvalue weighted by Crippen LogP contribution is -2.09. The number of hydrogen-bond acceptors (Lipinski definition) is 5. The van der Waals surface area contributed by atoms with Crippen LogP contribution in [0, 0.1) is 6.92 Å². The Hall–Kier alpha value is -2.38. The summed E-state index contributed by atoms with van der Waals surface area (Å²) in [6.07, 6.45) is 1.14. The zero-order chi connectivity index (χ0) is 18.7. The summed E-state index contributed by atoms with van der Waals surface area (Å²) in [5.41, 5.74) is 3.61. The first-order valence-electron chi connectivity index (χ1n) is 8.19. The molecule has 0 spiro atoms. The molecule has 26 heavy (non-hydrogen) atoms. The van der Waals surface area contributed by atoms with Crippen molar-refractivity contribution in [2.45, 2.75) is 19.9 Å². The highest BCUT2D eigenvalue weighted by atomic mass is 32.2. The van der Waals surface area contributed by atoms with E-state index in [9.17, 15) is 8.42 Å². The quantitative estimate of drug-likeness (QED) is 0.645. The molecule has 0 amide bonds. The number of sulfonamides is 1. The van der Waals surface area contributed by atoms with Crippen molar-refractivity contribution in [2.24, 2.45) is 0 Å². The van der Waals surface area contributed by atoms with Crippen LogP contribution in [0.3, 0.4) is 0 Å². The minimum atomic E-state index is -3.27. The van der Waals surface area contributed by atoms with Crippen molar-refractivity contribution in [3.63, 3.8) is 0 Å². The molecule has 2 aromatic carbocycles. The molecular weight excluding hydrogens is 366 g/mol. The van der Waals surface area contributed by atoms with Crippen LogP contribution in [0.4, 0.5) is 10.8 Å². The highest BCUT2D eigenvalue weighted by molar-refractivity contribution is 7.92. The second-order valence-corrected chi connectivity index (χ2v) is 9.10. The number of hydrogen-bond donors (Lipinski definition) is 2. The van der Waals surface area contributed by atoms with E-state index in [0.29, 0.717) is 5.69 Å². The third-order valence-corrected chi connectivity index (χ3v) is 5.41.